The lowest BCUT2D eigenvalue weighted by Crippen LogP contribution is -2.38. The molecule has 5 nitrogen and oxygen atoms in total. The lowest BCUT2D eigenvalue weighted by molar-refractivity contribution is -0.185. The maximum atomic E-state index is 12.5. The van der Waals surface area contributed by atoms with E-state index < -0.39 is 18.1 Å². The summed E-state index contributed by atoms with van der Waals surface area (Å²) in [4.78, 5) is 12.4. The maximum Gasteiger partial charge on any atom is 0.391 e. The highest BCUT2D eigenvalue weighted by atomic mass is 19.4. The number of carboxylic acid groups (broad SMARTS) is 1. The van der Waals surface area contributed by atoms with E-state index in [1.54, 1.807) is 4.90 Å². The van der Waals surface area contributed by atoms with Crippen LogP contribution in [0.25, 0.3) is 0 Å². The molecule has 0 saturated carbocycles. The fourth-order valence-electron chi connectivity index (χ4n) is 2.13. The van der Waals surface area contributed by atoms with E-state index in [9.17, 15) is 18.0 Å². The van der Waals surface area contributed by atoms with Crippen LogP contribution in [0.4, 0.5) is 13.2 Å². The van der Waals surface area contributed by atoms with Crippen molar-refractivity contribution in [2.75, 3.05) is 13.1 Å². The standard InChI is InChI=1S/C11H13F3N2O3/c12-11(13,14)7-1-3-16(4-2-7)6-8-5-9(10(17)18)15-19-8/h5,7H,1-4,6H2,(H,17,18). The van der Waals surface area contributed by atoms with Crippen LogP contribution in [-0.2, 0) is 6.54 Å². The van der Waals surface area contributed by atoms with Gasteiger partial charge in [0.05, 0.1) is 12.5 Å². The summed E-state index contributed by atoms with van der Waals surface area (Å²) >= 11 is 0. The number of carboxylic acids is 1. The second-order valence-corrected chi connectivity index (χ2v) is 4.58. The first kappa shape index (κ1) is 13.9. The molecule has 106 valence electrons. The van der Waals surface area contributed by atoms with Gasteiger partial charge in [0.1, 0.15) is 0 Å². The molecule has 2 heterocycles. The number of piperidine rings is 1. The zero-order valence-electron chi connectivity index (χ0n) is 9.98. The van der Waals surface area contributed by atoms with Crippen molar-refractivity contribution in [3.05, 3.63) is 17.5 Å². The highest BCUT2D eigenvalue weighted by molar-refractivity contribution is 5.85. The highest BCUT2D eigenvalue weighted by Crippen LogP contribution is 2.34. The number of likely N-dealkylation sites (tertiary alicyclic amines) is 1. The largest absolute Gasteiger partial charge is 0.476 e. The Balaban J connectivity index is 1.87. The summed E-state index contributed by atoms with van der Waals surface area (Å²) < 4.78 is 42.3. The molecule has 19 heavy (non-hydrogen) atoms. The van der Waals surface area contributed by atoms with E-state index in [-0.39, 0.29) is 25.1 Å². The molecule has 0 bridgehead atoms. The number of hydrogen-bond acceptors (Lipinski definition) is 4. The number of alkyl halides is 3. The molecule has 0 radical (unpaired) electrons. The Morgan fingerprint density at radius 2 is 2.11 bits per heavy atom. The average molecular weight is 278 g/mol. The summed E-state index contributed by atoms with van der Waals surface area (Å²) in [5.41, 5.74) is -0.194. The molecule has 1 N–H and O–H groups in total. The summed E-state index contributed by atoms with van der Waals surface area (Å²) in [7, 11) is 0. The summed E-state index contributed by atoms with van der Waals surface area (Å²) in [6, 6.07) is 1.29. The van der Waals surface area contributed by atoms with E-state index in [2.05, 4.69) is 5.16 Å². The molecule has 0 amide bonds. The summed E-state index contributed by atoms with van der Waals surface area (Å²) in [6.07, 6.45) is -4.01. The molecule has 0 aliphatic carbocycles. The zero-order valence-corrected chi connectivity index (χ0v) is 9.98. The van der Waals surface area contributed by atoms with E-state index in [4.69, 9.17) is 9.63 Å². The van der Waals surface area contributed by atoms with Gasteiger partial charge in [0.2, 0.25) is 0 Å². The summed E-state index contributed by atoms with van der Waals surface area (Å²) in [5.74, 6) is -2.08. The minimum atomic E-state index is -4.13. The van der Waals surface area contributed by atoms with Crippen molar-refractivity contribution in [3.8, 4) is 0 Å². The highest BCUT2D eigenvalue weighted by Gasteiger charge is 2.41. The van der Waals surface area contributed by atoms with Crippen LogP contribution >= 0.6 is 0 Å². The Kier molecular flexibility index (Phi) is 3.79. The van der Waals surface area contributed by atoms with Crippen LogP contribution < -0.4 is 0 Å². The molecule has 0 unspecified atom stereocenters. The van der Waals surface area contributed by atoms with Crippen LogP contribution in [0.5, 0.6) is 0 Å². The van der Waals surface area contributed by atoms with E-state index >= 15 is 0 Å². The second-order valence-electron chi connectivity index (χ2n) is 4.58. The van der Waals surface area contributed by atoms with E-state index in [0.29, 0.717) is 18.8 Å². The maximum absolute atomic E-state index is 12.5. The van der Waals surface area contributed by atoms with E-state index in [1.165, 1.54) is 6.07 Å². The Hall–Kier alpha value is -1.57. The van der Waals surface area contributed by atoms with E-state index in [0.717, 1.165) is 0 Å². The molecule has 8 heteroatoms. The number of aromatic nitrogens is 1. The number of carbonyl (C=O) groups is 1. The van der Waals surface area contributed by atoms with Gasteiger partial charge in [-0.05, 0) is 25.9 Å². The van der Waals surface area contributed by atoms with Gasteiger partial charge >= 0.3 is 12.1 Å². The second kappa shape index (κ2) is 5.20. The van der Waals surface area contributed by atoms with E-state index in [1.807, 2.05) is 0 Å². The van der Waals surface area contributed by atoms with Crippen LogP contribution in [0.15, 0.2) is 10.6 Å². The molecule has 0 spiro atoms. The monoisotopic (exact) mass is 278 g/mol. The van der Waals surface area contributed by atoms with Crippen LogP contribution in [0, 0.1) is 5.92 Å². The lowest BCUT2D eigenvalue weighted by Gasteiger charge is -2.32. The van der Waals surface area contributed by atoms with Crippen molar-refractivity contribution in [2.24, 2.45) is 5.92 Å². The molecule has 1 aliphatic rings. The lowest BCUT2D eigenvalue weighted by atomic mass is 9.96. The number of rotatable bonds is 3. The number of halogens is 3. The van der Waals surface area contributed by atoms with Crippen molar-refractivity contribution in [3.63, 3.8) is 0 Å². The van der Waals surface area contributed by atoms with Gasteiger partial charge in [0.15, 0.2) is 11.5 Å². The number of nitrogens with zero attached hydrogens (tertiary/aromatic N) is 2. The zero-order chi connectivity index (χ0) is 14.0. The first-order valence-electron chi connectivity index (χ1n) is 5.84. The summed E-state index contributed by atoms with van der Waals surface area (Å²) in [6.45, 7) is 0.908. The molecule has 1 fully saturated rings. The van der Waals surface area contributed by atoms with Crippen molar-refractivity contribution < 1.29 is 27.6 Å². The predicted molar refractivity (Wildman–Crippen MR) is 57.5 cm³/mol. The summed E-state index contributed by atoms with van der Waals surface area (Å²) in [5, 5.41) is 12.0. The van der Waals surface area contributed by atoms with Crippen molar-refractivity contribution in [1.82, 2.24) is 10.1 Å². The van der Waals surface area contributed by atoms with Crippen molar-refractivity contribution >= 4 is 5.97 Å². The predicted octanol–water partition coefficient (Wildman–Crippen LogP) is 2.15. The third kappa shape index (κ3) is 3.46. The smallest absolute Gasteiger partial charge is 0.391 e. The Morgan fingerprint density at radius 1 is 1.47 bits per heavy atom. The van der Waals surface area contributed by atoms with Gasteiger partial charge in [0.25, 0.3) is 0 Å². The molecule has 2 rings (SSSR count). The van der Waals surface area contributed by atoms with Crippen LogP contribution in [0.3, 0.4) is 0 Å². The molecule has 0 atom stereocenters. The average Bonchev–Trinajstić information content (AvgIpc) is 2.77. The minimum Gasteiger partial charge on any atom is -0.476 e. The third-order valence-corrected chi connectivity index (χ3v) is 3.21. The molecule has 1 aliphatic heterocycles. The van der Waals surface area contributed by atoms with Gasteiger partial charge in [0, 0.05) is 6.07 Å². The molecular weight excluding hydrogens is 265 g/mol. The molecular formula is C11H13F3N2O3. The Bertz CT molecular complexity index is 450. The first-order chi connectivity index (χ1) is 8.86. The molecule has 1 aromatic rings. The van der Waals surface area contributed by atoms with Gasteiger partial charge in [-0.25, -0.2) is 4.79 Å². The third-order valence-electron chi connectivity index (χ3n) is 3.21. The number of aromatic carboxylic acids is 1. The van der Waals surface area contributed by atoms with Gasteiger partial charge in [-0.1, -0.05) is 5.16 Å². The normalized spacial score (nSPS) is 18.7. The van der Waals surface area contributed by atoms with Crippen molar-refractivity contribution in [1.29, 1.82) is 0 Å². The first-order valence-corrected chi connectivity index (χ1v) is 5.84. The van der Waals surface area contributed by atoms with Gasteiger partial charge in [-0.2, -0.15) is 13.2 Å². The minimum absolute atomic E-state index is 0.0590. The Morgan fingerprint density at radius 3 is 2.58 bits per heavy atom. The fourth-order valence-corrected chi connectivity index (χ4v) is 2.13. The number of hydrogen-bond donors (Lipinski definition) is 1. The quantitative estimate of drug-likeness (QED) is 0.917. The van der Waals surface area contributed by atoms with Crippen LogP contribution in [-0.4, -0.2) is 40.4 Å². The molecule has 0 aromatic carbocycles. The molecule has 1 aromatic heterocycles. The SMILES string of the molecule is O=C(O)c1cc(CN2CCC(C(F)(F)F)CC2)on1. The topological polar surface area (TPSA) is 66.6 Å². The van der Waals surface area contributed by atoms with Gasteiger partial charge in [-0.15, -0.1) is 0 Å². The fraction of sp³-hybridized carbons (Fsp3) is 0.636. The van der Waals surface area contributed by atoms with Crippen molar-refractivity contribution in [2.45, 2.75) is 25.6 Å². The van der Waals surface area contributed by atoms with Crippen LogP contribution in [0.2, 0.25) is 0 Å². The van der Waals surface area contributed by atoms with Gasteiger partial charge < -0.3 is 9.63 Å². The van der Waals surface area contributed by atoms with Gasteiger partial charge in [-0.3, -0.25) is 4.90 Å². The Labute approximate surface area is 107 Å². The van der Waals surface area contributed by atoms with Crippen LogP contribution in [0.1, 0.15) is 29.1 Å². The molecule has 1 saturated heterocycles.